The van der Waals surface area contributed by atoms with E-state index in [0.717, 1.165) is 17.1 Å². The Kier molecular flexibility index (Phi) is 3.54. The average molecular weight is 155 g/mol. The third kappa shape index (κ3) is 2.90. The minimum Gasteiger partial charge on any atom is -0.325 e. The normalized spacial score (nSPS) is 16.8. The van der Waals surface area contributed by atoms with E-state index in [0.29, 0.717) is 6.42 Å². The summed E-state index contributed by atoms with van der Waals surface area (Å²) in [4.78, 5) is 0. The monoisotopic (exact) mass is 155 g/mol. The van der Waals surface area contributed by atoms with Gasteiger partial charge >= 0.3 is 0 Å². The summed E-state index contributed by atoms with van der Waals surface area (Å²) in [5.74, 6) is 0. The molecule has 0 aromatic heterocycles. The van der Waals surface area contributed by atoms with Crippen LogP contribution in [-0.2, 0) is 0 Å². The molecule has 0 aliphatic heterocycles. The van der Waals surface area contributed by atoms with Crippen LogP contribution in [0.2, 0.25) is 0 Å². The fourth-order valence-corrected chi connectivity index (χ4v) is 1.29. The van der Waals surface area contributed by atoms with Gasteiger partial charge in [0, 0.05) is 12.8 Å². The van der Waals surface area contributed by atoms with Crippen LogP contribution >= 0.6 is 0 Å². The Morgan fingerprint density at radius 3 is 2.36 bits per heavy atom. The molecule has 0 bridgehead atoms. The lowest BCUT2D eigenvalue weighted by Gasteiger charge is -2.28. The predicted molar refractivity (Wildman–Crippen MR) is 47.0 cm³/mol. The number of nitriles is 1. The van der Waals surface area contributed by atoms with Crippen molar-refractivity contribution < 1.29 is 4.48 Å². The lowest BCUT2D eigenvalue weighted by Crippen LogP contribution is -2.42. The van der Waals surface area contributed by atoms with E-state index in [9.17, 15) is 0 Å². The molecule has 2 nitrogen and oxygen atoms in total. The molecule has 1 saturated carbocycles. The van der Waals surface area contributed by atoms with Crippen LogP contribution in [0.4, 0.5) is 0 Å². The van der Waals surface area contributed by atoms with Crippen molar-refractivity contribution in [2.75, 3.05) is 20.6 Å². The summed E-state index contributed by atoms with van der Waals surface area (Å²) in [6, 6.07) is 3.05. The van der Waals surface area contributed by atoms with Gasteiger partial charge in [-0.2, -0.15) is 5.26 Å². The lowest BCUT2D eigenvalue weighted by atomic mass is 10.3. The highest BCUT2D eigenvalue weighted by Gasteiger charge is 2.37. The molecule has 2 heteroatoms. The van der Waals surface area contributed by atoms with Crippen molar-refractivity contribution in [1.82, 2.24) is 0 Å². The Morgan fingerprint density at radius 2 is 2.00 bits per heavy atom. The maximum absolute atomic E-state index is 8.37. The highest BCUT2D eigenvalue weighted by molar-refractivity contribution is 4.76. The molecule has 0 spiro atoms. The van der Waals surface area contributed by atoms with Crippen LogP contribution in [0.3, 0.4) is 0 Å². The van der Waals surface area contributed by atoms with Crippen LogP contribution in [-0.4, -0.2) is 31.2 Å². The smallest absolute Gasteiger partial charge is 0.0916 e. The molecule has 0 unspecified atom stereocenters. The van der Waals surface area contributed by atoms with E-state index < -0.39 is 0 Å². The van der Waals surface area contributed by atoms with E-state index in [1.54, 1.807) is 0 Å². The average Bonchev–Trinajstić information content (AvgIpc) is 2.64. The predicted octanol–water partition coefficient (Wildman–Crippen LogP) is 1.77. The van der Waals surface area contributed by atoms with E-state index in [4.69, 9.17) is 5.26 Å². The topological polar surface area (TPSA) is 23.8 Å². The summed E-state index contributed by atoms with van der Waals surface area (Å²) in [5.41, 5.74) is 0. The molecular formula is C9H19N2+. The van der Waals surface area contributed by atoms with Crippen molar-refractivity contribution in [2.45, 2.75) is 32.7 Å². The fraction of sp³-hybridized carbons (Fsp3) is 0.889. The van der Waals surface area contributed by atoms with Crippen molar-refractivity contribution in [2.24, 2.45) is 0 Å². The molecule has 0 aromatic carbocycles. The molecule has 0 atom stereocenters. The summed E-state index contributed by atoms with van der Waals surface area (Å²) in [7, 11) is 4.43. The second-order valence-electron chi connectivity index (χ2n) is 3.64. The summed E-state index contributed by atoms with van der Waals surface area (Å²) >= 11 is 0. The molecule has 1 aliphatic carbocycles. The van der Waals surface area contributed by atoms with Crippen molar-refractivity contribution in [3.05, 3.63) is 0 Å². The molecule has 11 heavy (non-hydrogen) atoms. The Hall–Kier alpha value is -0.550. The Morgan fingerprint density at radius 1 is 1.45 bits per heavy atom. The van der Waals surface area contributed by atoms with Crippen LogP contribution in [0.5, 0.6) is 0 Å². The van der Waals surface area contributed by atoms with Gasteiger partial charge in [0.2, 0.25) is 0 Å². The molecule has 0 saturated heterocycles. The maximum atomic E-state index is 8.37. The molecule has 1 aliphatic rings. The van der Waals surface area contributed by atoms with Crippen molar-refractivity contribution in [3.8, 4) is 6.07 Å². The van der Waals surface area contributed by atoms with Gasteiger partial charge in [-0.1, -0.05) is 7.43 Å². The molecule has 0 radical (unpaired) electrons. The van der Waals surface area contributed by atoms with Crippen molar-refractivity contribution in [3.63, 3.8) is 0 Å². The molecule has 1 rings (SSSR count). The van der Waals surface area contributed by atoms with Crippen LogP contribution < -0.4 is 0 Å². The van der Waals surface area contributed by atoms with Crippen molar-refractivity contribution in [1.29, 1.82) is 5.26 Å². The van der Waals surface area contributed by atoms with Gasteiger partial charge in [0.1, 0.15) is 0 Å². The molecule has 1 fully saturated rings. The second-order valence-corrected chi connectivity index (χ2v) is 3.64. The Balaban J connectivity index is 0.000001000. The first kappa shape index (κ1) is 10.4. The molecule has 0 amide bonds. The fourth-order valence-electron chi connectivity index (χ4n) is 1.29. The van der Waals surface area contributed by atoms with Gasteiger partial charge in [-0.25, -0.2) is 0 Å². The van der Waals surface area contributed by atoms with Gasteiger partial charge < -0.3 is 4.48 Å². The summed E-state index contributed by atoms with van der Waals surface area (Å²) < 4.78 is 1.05. The second kappa shape index (κ2) is 3.73. The maximum Gasteiger partial charge on any atom is 0.0916 e. The lowest BCUT2D eigenvalue weighted by molar-refractivity contribution is -0.900. The van der Waals surface area contributed by atoms with Gasteiger partial charge in [0.05, 0.1) is 39.2 Å². The highest BCUT2D eigenvalue weighted by atomic mass is 15.3. The zero-order valence-corrected chi connectivity index (χ0v) is 6.80. The first-order chi connectivity index (χ1) is 4.67. The van der Waals surface area contributed by atoms with Crippen LogP contribution in [0.15, 0.2) is 0 Å². The Labute approximate surface area is 70.0 Å². The minimum atomic E-state index is 0. The van der Waals surface area contributed by atoms with Gasteiger partial charge in [-0.15, -0.1) is 0 Å². The number of quaternary nitrogens is 1. The number of rotatable bonds is 3. The first-order valence-corrected chi connectivity index (χ1v) is 3.86. The van der Waals surface area contributed by atoms with Crippen molar-refractivity contribution >= 4 is 0 Å². The summed E-state index contributed by atoms with van der Waals surface area (Å²) in [6.45, 7) is 1.02. The summed E-state index contributed by atoms with van der Waals surface area (Å²) in [5, 5.41) is 8.37. The van der Waals surface area contributed by atoms with E-state index in [1.807, 2.05) is 0 Å². The van der Waals surface area contributed by atoms with E-state index in [1.165, 1.54) is 12.8 Å². The largest absolute Gasteiger partial charge is 0.325 e. The highest BCUT2D eigenvalue weighted by Crippen LogP contribution is 2.30. The quantitative estimate of drug-likeness (QED) is 0.570. The van der Waals surface area contributed by atoms with Gasteiger partial charge in [0.15, 0.2) is 0 Å². The number of hydrogen-bond donors (Lipinski definition) is 0. The summed E-state index contributed by atoms with van der Waals surface area (Å²) in [6.07, 6.45) is 3.42. The third-order valence-electron chi connectivity index (χ3n) is 2.34. The van der Waals surface area contributed by atoms with Gasteiger partial charge in [-0.05, 0) is 0 Å². The number of nitrogens with zero attached hydrogens (tertiary/aromatic N) is 2. The van der Waals surface area contributed by atoms with Crippen LogP contribution in [0.1, 0.15) is 26.7 Å². The Bertz CT molecular complexity index is 151. The molecule has 0 N–H and O–H groups in total. The molecule has 0 aromatic rings. The van der Waals surface area contributed by atoms with E-state index >= 15 is 0 Å². The molecular weight excluding hydrogens is 136 g/mol. The standard InChI is InChI=1S/C8H15N2.CH4/c1-10(2,7-3-6-9)8-4-5-8;/h8H,3-5,7H2,1-2H3;1H4/q+1;. The zero-order chi connectivity index (χ0) is 7.61. The SMILES string of the molecule is C.C[N+](C)(CCC#N)C1CC1. The van der Waals surface area contributed by atoms with Crippen LogP contribution in [0.25, 0.3) is 0 Å². The third-order valence-corrected chi connectivity index (χ3v) is 2.34. The number of hydrogen-bond acceptors (Lipinski definition) is 1. The van der Waals surface area contributed by atoms with E-state index in [-0.39, 0.29) is 7.43 Å². The minimum absolute atomic E-state index is 0. The zero-order valence-electron chi connectivity index (χ0n) is 6.80. The molecule has 64 valence electrons. The van der Waals surface area contributed by atoms with E-state index in [2.05, 4.69) is 20.2 Å². The molecule has 0 heterocycles. The van der Waals surface area contributed by atoms with Gasteiger partial charge in [0.25, 0.3) is 0 Å². The van der Waals surface area contributed by atoms with Gasteiger partial charge in [-0.3, -0.25) is 0 Å². The first-order valence-electron chi connectivity index (χ1n) is 3.86. The van der Waals surface area contributed by atoms with Crippen LogP contribution in [0, 0.1) is 11.3 Å².